The van der Waals surface area contributed by atoms with E-state index in [1.165, 1.54) is 0 Å². The van der Waals surface area contributed by atoms with E-state index in [1.807, 2.05) is 11.1 Å². The van der Waals surface area contributed by atoms with Crippen LogP contribution in [0.4, 0.5) is 0 Å². The van der Waals surface area contributed by atoms with E-state index < -0.39 is 0 Å². The van der Waals surface area contributed by atoms with Crippen LogP contribution in [0.25, 0.3) is 0 Å². The van der Waals surface area contributed by atoms with Crippen molar-refractivity contribution in [2.24, 2.45) is 0 Å². The molecule has 1 fully saturated rings. The first-order valence-corrected chi connectivity index (χ1v) is 8.48. The van der Waals surface area contributed by atoms with E-state index in [0.717, 1.165) is 32.0 Å². The number of carbonyl (C=O) groups is 1. The predicted molar refractivity (Wildman–Crippen MR) is 82.7 cm³/mol. The summed E-state index contributed by atoms with van der Waals surface area (Å²) in [6, 6.07) is 0.192. The second-order valence-electron chi connectivity index (χ2n) is 5.21. The van der Waals surface area contributed by atoms with Crippen molar-refractivity contribution >= 4 is 17.7 Å². The lowest BCUT2D eigenvalue weighted by Crippen LogP contribution is -2.50. The maximum absolute atomic E-state index is 12.3. The molecule has 1 aliphatic heterocycles. The third kappa shape index (κ3) is 3.55. The second kappa shape index (κ2) is 7.13. The highest BCUT2D eigenvalue weighted by atomic mass is 32.2. The van der Waals surface area contributed by atoms with Crippen molar-refractivity contribution in [3.8, 4) is 0 Å². The van der Waals surface area contributed by atoms with E-state index >= 15 is 0 Å². The Morgan fingerprint density at radius 3 is 3.00 bits per heavy atom. The average Bonchev–Trinajstić information content (AvgIpc) is 3.00. The molecular formula is C14H24N4OS. The molecule has 6 heteroatoms. The smallest absolute Gasteiger partial charge is 0.223 e. The Morgan fingerprint density at radius 2 is 2.40 bits per heavy atom. The SMILES string of the molecule is CCN1CCN(C(=O)C[C@H](C)SC)C[C@H]1c1ncc[nH]1. The summed E-state index contributed by atoms with van der Waals surface area (Å²) < 4.78 is 0. The Morgan fingerprint density at radius 1 is 1.60 bits per heavy atom. The van der Waals surface area contributed by atoms with Crippen molar-refractivity contribution in [1.29, 1.82) is 0 Å². The van der Waals surface area contributed by atoms with E-state index in [0.29, 0.717) is 11.7 Å². The minimum Gasteiger partial charge on any atom is -0.347 e. The fourth-order valence-electron chi connectivity index (χ4n) is 2.60. The Bertz CT molecular complexity index is 423. The van der Waals surface area contributed by atoms with Crippen LogP contribution in [0.5, 0.6) is 0 Å². The molecule has 1 N–H and O–H groups in total. The average molecular weight is 296 g/mol. The zero-order chi connectivity index (χ0) is 14.5. The summed E-state index contributed by atoms with van der Waals surface area (Å²) in [5.41, 5.74) is 0. The van der Waals surface area contributed by atoms with E-state index in [2.05, 4.69) is 35.0 Å². The summed E-state index contributed by atoms with van der Waals surface area (Å²) in [6.07, 6.45) is 6.30. The summed E-state index contributed by atoms with van der Waals surface area (Å²) >= 11 is 1.74. The standard InChI is InChI=1S/C14H24N4OS/c1-4-17-7-8-18(13(19)9-11(2)20-3)10-12(17)14-15-5-6-16-14/h5-6,11-12H,4,7-10H2,1-3H3,(H,15,16)/t11-,12-/m0/s1. The molecule has 0 aromatic carbocycles. The van der Waals surface area contributed by atoms with Crippen molar-refractivity contribution in [1.82, 2.24) is 19.8 Å². The Balaban J connectivity index is 2.02. The lowest BCUT2D eigenvalue weighted by Gasteiger charge is -2.40. The highest BCUT2D eigenvalue weighted by Crippen LogP contribution is 2.23. The Kier molecular flexibility index (Phi) is 5.48. The first-order chi connectivity index (χ1) is 9.65. The summed E-state index contributed by atoms with van der Waals surface area (Å²) in [5, 5.41) is 0.383. The van der Waals surface area contributed by atoms with Gasteiger partial charge in [0.1, 0.15) is 5.82 Å². The molecule has 20 heavy (non-hydrogen) atoms. The van der Waals surface area contributed by atoms with Gasteiger partial charge in [-0.05, 0) is 12.8 Å². The van der Waals surface area contributed by atoms with Gasteiger partial charge < -0.3 is 9.88 Å². The van der Waals surface area contributed by atoms with E-state index in [-0.39, 0.29) is 11.9 Å². The highest BCUT2D eigenvalue weighted by Gasteiger charge is 2.31. The third-order valence-electron chi connectivity index (χ3n) is 3.95. The number of imidazole rings is 1. The van der Waals surface area contributed by atoms with Gasteiger partial charge in [0.05, 0.1) is 6.04 Å². The molecule has 2 rings (SSSR count). The number of thioether (sulfide) groups is 1. The molecular weight excluding hydrogens is 272 g/mol. The minimum absolute atomic E-state index is 0.192. The van der Waals surface area contributed by atoms with Crippen LogP contribution < -0.4 is 0 Å². The molecule has 5 nitrogen and oxygen atoms in total. The van der Waals surface area contributed by atoms with Crippen molar-refractivity contribution in [2.45, 2.75) is 31.6 Å². The van der Waals surface area contributed by atoms with Crippen LogP contribution in [-0.4, -0.2) is 63.4 Å². The fraction of sp³-hybridized carbons (Fsp3) is 0.714. The molecule has 2 heterocycles. The first-order valence-electron chi connectivity index (χ1n) is 7.19. The zero-order valence-corrected chi connectivity index (χ0v) is 13.3. The molecule has 0 spiro atoms. The van der Waals surface area contributed by atoms with Gasteiger partial charge in [-0.3, -0.25) is 9.69 Å². The summed E-state index contributed by atoms with van der Waals surface area (Å²) in [7, 11) is 0. The molecule has 1 amide bonds. The minimum atomic E-state index is 0.192. The Hall–Kier alpha value is -1.01. The third-order valence-corrected chi connectivity index (χ3v) is 4.92. The van der Waals surface area contributed by atoms with Crippen molar-refractivity contribution in [3.05, 3.63) is 18.2 Å². The van der Waals surface area contributed by atoms with Gasteiger partial charge in [0.25, 0.3) is 0 Å². The monoisotopic (exact) mass is 296 g/mol. The normalized spacial score (nSPS) is 21.9. The van der Waals surface area contributed by atoms with Gasteiger partial charge in [-0.2, -0.15) is 11.8 Å². The van der Waals surface area contributed by atoms with E-state index in [9.17, 15) is 4.79 Å². The number of carbonyl (C=O) groups excluding carboxylic acids is 1. The van der Waals surface area contributed by atoms with Crippen LogP contribution in [0, 0.1) is 0 Å². The first kappa shape index (κ1) is 15.4. The van der Waals surface area contributed by atoms with Gasteiger partial charge in [0.15, 0.2) is 0 Å². The topological polar surface area (TPSA) is 52.2 Å². The van der Waals surface area contributed by atoms with Crippen LogP contribution in [0.15, 0.2) is 12.4 Å². The Labute approximate surface area is 125 Å². The number of aromatic nitrogens is 2. The number of rotatable bonds is 5. The molecule has 0 bridgehead atoms. The number of amides is 1. The summed E-state index contributed by atoms with van der Waals surface area (Å²) in [5.74, 6) is 1.22. The number of hydrogen-bond acceptors (Lipinski definition) is 4. The summed E-state index contributed by atoms with van der Waals surface area (Å²) in [4.78, 5) is 24.3. The molecule has 112 valence electrons. The lowest BCUT2D eigenvalue weighted by atomic mass is 10.1. The van der Waals surface area contributed by atoms with Gasteiger partial charge in [-0.1, -0.05) is 13.8 Å². The summed E-state index contributed by atoms with van der Waals surface area (Å²) in [6.45, 7) is 7.72. The number of piperazine rings is 1. The zero-order valence-electron chi connectivity index (χ0n) is 12.5. The number of nitrogens with zero attached hydrogens (tertiary/aromatic N) is 3. The van der Waals surface area contributed by atoms with Crippen LogP contribution in [0.1, 0.15) is 32.1 Å². The van der Waals surface area contributed by atoms with Gasteiger partial charge >= 0.3 is 0 Å². The molecule has 0 unspecified atom stereocenters. The maximum Gasteiger partial charge on any atom is 0.223 e. The van der Waals surface area contributed by atoms with Gasteiger partial charge in [-0.25, -0.2) is 4.98 Å². The number of aromatic amines is 1. The van der Waals surface area contributed by atoms with E-state index in [1.54, 1.807) is 18.0 Å². The number of H-pyrrole nitrogens is 1. The van der Waals surface area contributed by atoms with Gasteiger partial charge in [0, 0.05) is 43.7 Å². The lowest BCUT2D eigenvalue weighted by molar-refractivity contribution is -0.134. The van der Waals surface area contributed by atoms with Crippen molar-refractivity contribution < 1.29 is 4.79 Å². The largest absolute Gasteiger partial charge is 0.347 e. The van der Waals surface area contributed by atoms with Crippen LogP contribution in [0.3, 0.4) is 0 Å². The number of nitrogens with one attached hydrogen (secondary N) is 1. The predicted octanol–water partition coefficient (Wildman–Crippen LogP) is 1.76. The molecule has 1 saturated heterocycles. The maximum atomic E-state index is 12.3. The number of likely N-dealkylation sites (N-methyl/N-ethyl adjacent to an activating group) is 1. The molecule has 0 aliphatic carbocycles. The van der Waals surface area contributed by atoms with Crippen LogP contribution >= 0.6 is 11.8 Å². The molecule has 0 saturated carbocycles. The molecule has 0 radical (unpaired) electrons. The molecule has 2 atom stereocenters. The van der Waals surface area contributed by atoms with Gasteiger partial charge in [-0.15, -0.1) is 0 Å². The quantitative estimate of drug-likeness (QED) is 0.899. The van der Waals surface area contributed by atoms with E-state index in [4.69, 9.17) is 0 Å². The van der Waals surface area contributed by atoms with Crippen LogP contribution in [-0.2, 0) is 4.79 Å². The van der Waals surface area contributed by atoms with Crippen molar-refractivity contribution in [2.75, 3.05) is 32.4 Å². The van der Waals surface area contributed by atoms with Crippen LogP contribution in [0.2, 0.25) is 0 Å². The molecule has 1 aliphatic rings. The van der Waals surface area contributed by atoms with Crippen molar-refractivity contribution in [3.63, 3.8) is 0 Å². The molecule has 1 aromatic heterocycles. The molecule has 1 aromatic rings. The van der Waals surface area contributed by atoms with Gasteiger partial charge in [0.2, 0.25) is 5.91 Å². The second-order valence-corrected chi connectivity index (χ2v) is 6.49. The highest BCUT2D eigenvalue weighted by molar-refractivity contribution is 7.99. The number of hydrogen-bond donors (Lipinski definition) is 1. The fourth-order valence-corrected chi connectivity index (χ4v) is 2.91.